The lowest BCUT2D eigenvalue weighted by molar-refractivity contribution is -0.132. The molecule has 1 aromatic heterocycles. The van der Waals surface area contributed by atoms with Gasteiger partial charge in [-0.2, -0.15) is 0 Å². The molecule has 1 aliphatic rings. The van der Waals surface area contributed by atoms with Crippen LogP contribution >= 0.6 is 0 Å². The Morgan fingerprint density at radius 1 is 1.03 bits per heavy atom. The van der Waals surface area contributed by atoms with Gasteiger partial charge >= 0.3 is 5.97 Å². The Bertz CT molecular complexity index is 1230. The molecule has 2 heterocycles. The Morgan fingerprint density at radius 2 is 1.82 bits per heavy atom. The number of aliphatic carboxylic acids is 1. The van der Waals surface area contributed by atoms with Gasteiger partial charge in [-0.15, -0.1) is 0 Å². The van der Waals surface area contributed by atoms with Crippen molar-refractivity contribution in [1.82, 2.24) is 10.3 Å². The first-order valence-electron chi connectivity index (χ1n) is 10.8. The number of nitrogens with one attached hydrogen (secondary N) is 1. The Hall–Kier alpha value is -4.12. The quantitative estimate of drug-likeness (QED) is 0.499. The average molecular weight is 439 g/mol. The fraction of sp³-hybridized carbons (Fsp3) is 0.143. The van der Waals surface area contributed by atoms with Gasteiger partial charge in [-0.3, -0.25) is 4.98 Å². The maximum atomic E-state index is 12.3. The number of aromatic nitrogens is 1. The summed E-state index contributed by atoms with van der Waals surface area (Å²) in [7, 11) is 0. The lowest BCUT2D eigenvalue weighted by Gasteiger charge is -2.30. The van der Waals surface area contributed by atoms with Crippen molar-refractivity contribution in [3.8, 4) is 5.75 Å². The van der Waals surface area contributed by atoms with Gasteiger partial charge in [-0.05, 0) is 55.3 Å². The molecule has 0 aliphatic carbocycles. The number of ether oxygens (including phenoxy) is 1. The van der Waals surface area contributed by atoms with Crippen LogP contribution in [0.25, 0.3) is 11.6 Å². The summed E-state index contributed by atoms with van der Waals surface area (Å²) >= 11 is 0. The first kappa shape index (κ1) is 22.1. The zero-order valence-corrected chi connectivity index (χ0v) is 18.7. The molecule has 0 saturated carbocycles. The van der Waals surface area contributed by atoms with E-state index in [-0.39, 0.29) is 0 Å². The molecule has 2 aromatic carbocycles. The molecule has 0 saturated heterocycles. The van der Waals surface area contributed by atoms with E-state index in [4.69, 9.17) is 4.74 Å². The van der Waals surface area contributed by atoms with Gasteiger partial charge in [0.15, 0.2) is 0 Å². The van der Waals surface area contributed by atoms with E-state index in [0.717, 1.165) is 28.1 Å². The van der Waals surface area contributed by atoms with Gasteiger partial charge in [0.25, 0.3) is 0 Å². The van der Waals surface area contributed by atoms with E-state index in [1.54, 1.807) is 13.1 Å². The van der Waals surface area contributed by atoms with Gasteiger partial charge in [0.1, 0.15) is 12.4 Å². The summed E-state index contributed by atoms with van der Waals surface area (Å²) in [4.78, 5) is 16.8. The molecular formula is C28H26N2O3. The molecule has 3 aromatic rings. The third kappa shape index (κ3) is 5.04. The highest BCUT2D eigenvalue weighted by atomic mass is 16.5. The fourth-order valence-electron chi connectivity index (χ4n) is 4.15. The van der Waals surface area contributed by atoms with Gasteiger partial charge < -0.3 is 15.2 Å². The molecule has 0 radical (unpaired) electrons. The number of nitrogens with zero attached hydrogens (tertiary/aromatic N) is 1. The summed E-state index contributed by atoms with van der Waals surface area (Å²) in [6.45, 7) is 4.16. The van der Waals surface area contributed by atoms with Crippen molar-refractivity contribution < 1.29 is 14.6 Å². The number of hydrogen-bond donors (Lipinski definition) is 2. The van der Waals surface area contributed by atoms with E-state index in [1.165, 1.54) is 0 Å². The highest BCUT2D eigenvalue weighted by Gasteiger charge is 2.34. The van der Waals surface area contributed by atoms with Crippen molar-refractivity contribution in [2.75, 3.05) is 6.61 Å². The van der Waals surface area contributed by atoms with Crippen molar-refractivity contribution in [2.45, 2.75) is 19.8 Å². The topological polar surface area (TPSA) is 71.5 Å². The summed E-state index contributed by atoms with van der Waals surface area (Å²) in [6, 6.07) is 23.3. The van der Waals surface area contributed by atoms with E-state index >= 15 is 0 Å². The summed E-state index contributed by atoms with van der Waals surface area (Å²) in [5.41, 5.74) is 5.37. The minimum absolute atomic E-state index is 0.308. The van der Waals surface area contributed by atoms with Gasteiger partial charge in [0, 0.05) is 29.1 Å². The average Bonchev–Trinajstić information content (AvgIpc) is 2.82. The summed E-state index contributed by atoms with van der Waals surface area (Å²) in [5.74, 6) is -0.741. The molecule has 33 heavy (non-hydrogen) atoms. The lowest BCUT2D eigenvalue weighted by atomic mass is 9.79. The molecule has 4 rings (SSSR count). The number of hydrogen-bond acceptors (Lipinski definition) is 4. The van der Waals surface area contributed by atoms with E-state index in [9.17, 15) is 9.90 Å². The minimum atomic E-state index is -0.956. The first-order chi connectivity index (χ1) is 16.0. The van der Waals surface area contributed by atoms with E-state index in [1.807, 2.05) is 91.9 Å². The van der Waals surface area contributed by atoms with Gasteiger partial charge in [-0.25, -0.2) is 4.79 Å². The number of pyridine rings is 1. The standard InChI is InChI=1S/C28H26N2O3/c1-19-25(24-15-6-7-16-29-24)27(26(28(31)32)20(2)30-19)22-13-8-14-23(18-22)33-17-9-12-21-10-4-3-5-11-21/h3-16,18,27,30H,17H2,1-2H3,(H,31,32). The molecule has 1 unspecified atom stereocenters. The second-order valence-electron chi connectivity index (χ2n) is 7.85. The molecule has 1 atom stereocenters. The Morgan fingerprint density at radius 3 is 2.55 bits per heavy atom. The minimum Gasteiger partial charge on any atom is -0.490 e. The normalized spacial score (nSPS) is 16.1. The molecule has 0 spiro atoms. The Kier molecular flexibility index (Phi) is 6.69. The van der Waals surface area contributed by atoms with Crippen LogP contribution in [0.1, 0.15) is 36.6 Å². The molecular weight excluding hydrogens is 412 g/mol. The van der Waals surface area contributed by atoms with Crippen LogP contribution in [0.4, 0.5) is 0 Å². The zero-order valence-electron chi connectivity index (χ0n) is 18.7. The van der Waals surface area contributed by atoms with Crippen molar-refractivity contribution in [2.24, 2.45) is 0 Å². The second kappa shape index (κ2) is 10.0. The third-order valence-corrected chi connectivity index (χ3v) is 5.58. The molecule has 5 heteroatoms. The predicted octanol–water partition coefficient (Wildman–Crippen LogP) is 5.65. The van der Waals surface area contributed by atoms with E-state index < -0.39 is 11.9 Å². The molecule has 0 bridgehead atoms. The number of dihydropyridines is 1. The van der Waals surface area contributed by atoms with E-state index in [0.29, 0.717) is 23.6 Å². The van der Waals surface area contributed by atoms with Gasteiger partial charge in [0.2, 0.25) is 0 Å². The summed E-state index contributed by atoms with van der Waals surface area (Å²) in [6.07, 6.45) is 5.69. The monoisotopic (exact) mass is 438 g/mol. The maximum Gasteiger partial charge on any atom is 0.334 e. The highest BCUT2D eigenvalue weighted by molar-refractivity contribution is 5.96. The van der Waals surface area contributed by atoms with Crippen LogP contribution in [-0.2, 0) is 4.79 Å². The predicted molar refractivity (Wildman–Crippen MR) is 130 cm³/mol. The largest absolute Gasteiger partial charge is 0.490 e. The van der Waals surface area contributed by atoms with Crippen LogP contribution in [0.15, 0.2) is 102 Å². The zero-order chi connectivity index (χ0) is 23.2. The highest BCUT2D eigenvalue weighted by Crippen LogP contribution is 2.43. The van der Waals surface area contributed by atoms with Crippen molar-refractivity contribution in [3.05, 3.63) is 119 Å². The molecule has 0 fully saturated rings. The van der Waals surface area contributed by atoms with Gasteiger partial charge in [0.05, 0.1) is 11.3 Å². The van der Waals surface area contributed by atoms with Crippen LogP contribution in [-0.4, -0.2) is 22.7 Å². The summed E-state index contributed by atoms with van der Waals surface area (Å²) < 4.78 is 5.95. The maximum absolute atomic E-state index is 12.3. The summed E-state index contributed by atoms with van der Waals surface area (Å²) in [5, 5.41) is 13.3. The molecule has 2 N–H and O–H groups in total. The van der Waals surface area contributed by atoms with Crippen molar-refractivity contribution >= 4 is 17.6 Å². The van der Waals surface area contributed by atoms with Crippen LogP contribution in [0, 0.1) is 0 Å². The SMILES string of the molecule is CC1=C(C(=O)O)C(c2cccc(OCC=Cc3ccccc3)c2)C(c2ccccn2)=C(C)N1. The molecule has 5 nitrogen and oxygen atoms in total. The molecule has 1 aliphatic heterocycles. The van der Waals surface area contributed by atoms with Gasteiger partial charge in [-0.1, -0.05) is 54.6 Å². The van der Waals surface area contributed by atoms with Crippen LogP contribution in [0.3, 0.4) is 0 Å². The van der Waals surface area contributed by atoms with Crippen LogP contribution in [0.2, 0.25) is 0 Å². The number of carboxylic acid groups (broad SMARTS) is 1. The Labute approximate surface area is 193 Å². The van der Waals surface area contributed by atoms with Crippen LogP contribution in [0.5, 0.6) is 5.75 Å². The first-order valence-corrected chi connectivity index (χ1v) is 10.8. The smallest absolute Gasteiger partial charge is 0.334 e. The lowest BCUT2D eigenvalue weighted by Crippen LogP contribution is -2.27. The Balaban J connectivity index is 1.65. The number of allylic oxidation sites excluding steroid dienone is 3. The number of carboxylic acids is 1. The molecule has 0 amide bonds. The molecule has 166 valence electrons. The fourth-order valence-corrected chi connectivity index (χ4v) is 4.15. The number of rotatable bonds is 7. The number of benzene rings is 2. The van der Waals surface area contributed by atoms with Crippen molar-refractivity contribution in [3.63, 3.8) is 0 Å². The van der Waals surface area contributed by atoms with E-state index in [2.05, 4.69) is 10.3 Å². The third-order valence-electron chi connectivity index (χ3n) is 5.58. The van der Waals surface area contributed by atoms with Crippen LogP contribution < -0.4 is 10.1 Å². The number of carbonyl (C=O) groups is 1. The second-order valence-corrected chi connectivity index (χ2v) is 7.85. The van der Waals surface area contributed by atoms with Crippen molar-refractivity contribution in [1.29, 1.82) is 0 Å².